The highest BCUT2D eigenvalue weighted by atomic mass is 35.5. The Kier molecular flexibility index (Phi) is 5.01. The van der Waals surface area contributed by atoms with Crippen LogP contribution in [0.2, 0.25) is 5.02 Å². The molecule has 1 unspecified atom stereocenters. The molecule has 0 saturated carbocycles. The number of nitrogens with one attached hydrogen (secondary N) is 1. The van der Waals surface area contributed by atoms with Crippen molar-refractivity contribution < 1.29 is 9.84 Å². The van der Waals surface area contributed by atoms with Gasteiger partial charge in [0.25, 0.3) is 0 Å². The Morgan fingerprint density at radius 1 is 0.957 bits per heavy atom. The maximum Gasteiger partial charge on any atom is 0.120 e. The second-order valence-electron chi connectivity index (χ2n) is 5.33. The highest BCUT2D eigenvalue weighted by Crippen LogP contribution is 2.21. The van der Waals surface area contributed by atoms with E-state index >= 15 is 0 Å². The van der Waals surface area contributed by atoms with E-state index in [1.54, 1.807) is 0 Å². The van der Waals surface area contributed by atoms with Crippen LogP contribution in [-0.2, 0) is 0 Å². The van der Waals surface area contributed by atoms with Crippen LogP contribution in [0.25, 0.3) is 10.8 Å². The molecule has 3 aromatic rings. The van der Waals surface area contributed by atoms with Gasteiger partial charge in [0.05, 0.1) is 10.7 Å². The fourth-order valence-corrected chi connectivity index (χ4v) is 2.54. The van der Waals surface area contributed by atoms with E-state index in [0.717, 1.165) is 16.8 Å². The summed E-state index contributed by atoms with van der Waals surface area (Å²) in [5, 5.41) is 16.1. The van der Waals surface area contributed by atoms with E-state index in [0.29, 0.717) is 11.6 Å². The van der Waals surface area contributed by atoms with Crippen LogP contribution in [0.3, 0.4) is 0 Å². The molecule has 1 atom stereocenters. The molecular weight excluding hydrogens is 310 g/mol. The maximum atomic E-state index is 10.0. The molecule has 0 amide bonds. The summed E-state index contributed by atoms with van der Waals surface area (Å²) in [6.07, 6.45) is -0.627. The molecule has 0 saturated heterocycles. The van der Waals surface area contributed by atoms with Crippen LogP contribution in [0.5, 0.6) is 5.75 Å². The molecule has 4 heteroatoms. The topological polar surface area (TPSA) is 41.5 Å². The number of ether oxygens (including phenoxy) is 1. The summed E-state index contributed by atoms with van der Waals surface area (Å²) in [5.74, 6) is 0.750. The predicted molar refractivity (Wildman–Crippen MR) is 95.4 cm³/mol. The second kappa shape index (κ2) is 7.36. The van der Waals surface area contributed by atoms with Crippen LogP contribution in [-0.4, -0.2) is 24.4 Å². The van der Waals surface area contributed by atoms with Gasteiger partial charge in [0.2, 0.25) is 0 Å². The Balaban J connectivity index is 1.53. The minimum Gasteiger partial charge on any atom is -0.491 e. The van der Waals surface area contributed by atoms with Crippen LogP contribution in [0, 0.1) is 0 Å². The number of hydrogen-bond acceptors (Lipinski definition) is 3. The quantitative estimate of drug-likeness (QED) is 0.707. The van der Waals surface area contributed by atoms with E-state index in [1.807, 2.05) is 60.7 Å². The molecule has 0 bridgehead atoms. The zero-order valence-corrected chi connectivity index (χ0v) is 13.3. The van der Waals surface area contributed by atoms with Crippen LogP contribution in [0.1, 0.15) is 0 Å². The lowest BCUT2D eigenvalue weighted by Gasteiger charge is -2.15. The first-order chi connectivity index (χ1) is 11.2. The number of benzene rings is 3. The molecule has 118 valence electrons. The highest BCUT2D eigenvalue weighted by Gasteiger charge is 2.07. The van der Waals surface area contributed by atoms with Crippen LogP contribution >= 0.6 is 11.6 Å². The normalized spacial score (nSPS) is 12.1. The second-order valence-corrected chi connectivity index (χ2v) is 5.74. The summed E-state index contributed by atoms with van der Waals surface area (Å²) in [5.41, 5.74) is 0.805. The Morgan fingerprint density at radius 3 is 2.52 bits per heavy atom. The summed E-state index contributed by atoms with van der Waals surface area (Å²) in [6.45, 7) is 0.590. The monoisotopic (exact) mass is 327 g/mol. The molecular formula is C19H18ClNO2. The van der Waals surface area contributed by atoms with Crippen LogP contribution in [0.4, 0.5) is 5.69 Å². The molecule has 3 aromatic carbocycles. The van der Waals surface area contributed by atoms with Crippen molar-refractivity contribution in [2.45, 2.75) is 6.10 Å². The Morgan fingerprint density at radius 2 is 1.70 bits per heavy atom. The number of aliphatic hydroxyl groups excluding tert-OH is 1. The van der Waals surface area contributed by atoms with Crippen molar-refractivity contribution in [3.63, 3.8) is 0 Å². The molecule has 3 rings (SSSR count). The van der Waals surface area contributed by atoms with E-state index in [-0.39, 0.29) is 6.61 Å². The van der Waals surface area contributed by atoms with Gasteiger partial charge in [-0.3, -0.25) is 0 Å². The summed E-state index contributed by atoms with van der Waals surface area (Å²) in [7, 11) is 0. The van der Waals surface area contributed by atoms with Crippen molar-refractivity contribution in [2.24, 2.45) is 0 Å². The van der Waals surface area contributed by atoms with E-state index in [9.17, 15) is 5.11 Å². The number of rotatable bonds is 6. The number of aliphatic hydroxyl groups is 1. The zero-order chi connectivity index (χ0) is 16.1. The van der Waals surface area contributed by atoms with E-state index in [1.165, 1.54) is 5.39 Å². The van der Waals surface area contributed by atoms with Gasteiger partial charge in [-0.15, -0.1) is 0 Å². The van der Waals surface area contributed by atoms with Crippen molar-refractivity contribution in [1.82, 2.24) is 0 Å². The summed E-state index contributed by atoms with van der Waals surface area (Å²) in [6, 6.07) is 21.4. The van der Waals surface area contributed by atoms with Crippen molar-refractivity contribution in [1.29, 1.82) is 0 Å². The molecule has 0 aromatic heterocycles. The minimum absolute atomic E-state index is 0.218. The molecule has 0 fully saturated rings. The summed E-state index contributed by atoms with van der Waals surface area (Å²) in [4.78, 5) is 0. The van der Waals surface area contributed by atoms with Crippen molar-refractivity contribution >= 4 is 28.1 Å². The Bertz CT molecular complexity index is 791. The lowest BCUT2D eigenvalue weighted by molar-refractivity contribution is 0.117. The molecule has 0 heterocycles. The fraction of sp³-hybridized carbons (Fsp3) is 0.158. The molecule has 0 aliphatic carbocycles. The number of para-hydroxylation sites is 1. The van der Waals surface area contributed by atoms with Gasteiger partial charge in [0, 0.05) is 6.54 Å². The minimum atomic E-state index is -0.627. The largest absolute Gasteiger partial charge is 0.491 e. The number of fused-ring (bicyclic) bond motifs is 1. The molecule has 23 heavy (non-hydrogen) atoms. The van der Waals surface area contributed by atoms with E-state index in [2.05, 4.69) is 11.4 Å². The smallest absolute Gasteiger partial charge is 0.120 e. The molecule has 0 spiro atoms. The summed E-state index contributed by atoms with van der Waals surface area (Å²) >= 11 is 6.06. The van der Waals surface area contributed by atoms with Gasteiger partial charge >= 0.3 is 0 Å². The number of hydrogen-bond donors (Lipinski definition) is 2. The Labute approximate surface area is 140 Å². The van der Waals surface area contributed by atoms with Crippen molar-refractivity contribution in [2.75, 3.05) is 18.5 Å². The van der Waals surface area contributed by atoms with Gasteiger partial charge in [0.1, 0.15) is 18.5 Å². The third-order valence-electron chi connectivity index (χ3n) is 3.57. The van der Waals surface area contributed by atoms with Gasteiger partial charge in [-0.05, 0) is 35.0 Å². The van der Waals surface area contributed by atoms with Gasteiger partial charge in [-0.1, -0.05) is 54.1 Å². The molecule has 3 nitrogen and oxygen atoms in total. The van der Waals surface area contributed by atoms with Gasteiger partial charge in [-0.25, -0.2) is 0 Å². The molecule has 0 radical (unpaired) electrons. The molecule has 0 aliphatic heterocycles. The van der Waals surface area contributed by atoms with Crippen LogP contribution in [0.15, 0.2) is 66.7 Å². The van der Waals surface area contributed by atoms with Crippen molar-refractivity contribution in [3.8, 4) is 5.75 Å². The summed E-state index contributed by atoms with van der Waals surface area (Å²) < 4.78 is 5.67. The van der Waals surface area contributed by atoms with Gasteiger partial charge in [-0.2, -0.15) is 0 Å². The standard InChI is InChI=1S/C19H18ClNO2/c20-18-7-3-4-8-19(18)21-12-16(22)13-23-17-10-9-14-5-1-2-6-15(14)11-17/h1-11,16,21-22H,12-13H2. The average molecular weight is 328 g/mol. The maximum absolute atomic E-state index is 10.0. The third kappa shape index (κ3) is 4.15. The zero-order valence-electron chi connectivity index (χ0n) is 12.6. The lowest BCUT2D eigenvalue weighted by Crippen LogP contribution is -2.26. The number of anilines is 1. The van der Waals surface area contributed by atoms with Gasteiger partial charge in [0.15, 0.2) is 0 Å². The lowest BCUT2D eigenvalue weighted by atomic mass is 10.1. The third-order valence-corrected chi connectivity index (χ3v) is 3.89. The van der Waals surface area contributed by atoms with Gasteiger partial charge < -0.3 is 15.2 Å². The first kappa shape index (κ1) is 15.7. The molecule has 2 N–H and O–H groups in total. The Hall–Kier alpha value is -2.23. The average Bonchev–Trinajstić information content (AvgIpc) is 2.59. The van der Waals surface area contributed by atoms with Crippen LogP contribution < -0.4 is 10.1 Å². The SMILES string of the molecule is OC(CNc1ccccc1Cl)COc1ccc2ccccc2c1. The first-order valence-corrected chi connectivity index (χ1v) is 7.88. The first-order valence-electron chi connectivity index (χ1n) is 7.50. The predicted octanol–water partition coefficient (Wildman–Crippen LogP) is 4.35. The number of halogens is 1. The van der Waals surface area contributed by atoms with Crippen molar-refractivity contribution in [3.05, 3.63) is 71.8 Å². The highest BCUT2D eigenvalue weighted by molar-refractivity contribution is 6.33. The van der Waals surface area contributed by atoms with E-state index < -0.39 is 6.10 Å². The molecule has 0 aliphatic rings. The fourth-order valence-electron chi connectivity index (χ4n) is 2.34. The van der Waals surface area contributed by atoms with E-state index in [4.69, 9.17) is 16.3 Å².